The fraction of sp³-hybridized carbons (Fsp3) is 0.438. The van der Waals surface area contributed by atoms with Gasteiger partial charge in [0.25, 0.3) is 0 Å². The number of halogens is 2. The highest BCUT2D eigenvalue weighted by molar-refractivity contribution is 7.09. The molecule has 1 aromatic carbocycles. The number of aliphatic hydroxyl groups excluding tert-OH is 1. The first-order valence-corrected chi connectivity index (χ1v) is 8.23. The van der Waals surface area contributed by atoms with E-state index in [1.165, 1.54) is 23.9 Å². The maximum absolute atomic E-state index is 13.2. The molecule has 1 saturated carbocycles. The molecule has 3 nitrogen and oxygen atoms in total. The van der Waals surface area contributed by atoms with Gasteiger partial charge in [-0.05, 0) is 37.5 Å². The van der Waals surface area contributed by atoms with Crippen LogP contribution in [-0.4, -0.2) is 16.1 Å². The van der Waals surface area contributed by atoms with E-state index >= 15 is 0 Å². The molecule has 3 rings (SSSR count). The highest BCUT2D eigenvalue weighted by Gasteiger charge is 2.26. The van der Waals surface area contributed by atoms with Crippen LogP contribution >= 0.6 is 11.3 Å². The molecule has 1 aromatic heterocycles. The van der Waals surface area contributed by atoms with E-state index in [0.717, 1.165) is 17.8 Å². The Bertz CT molecular complexity index is 657. The molecule has 0 bridgehead atoms. The van der Waals surface area contributed by atoms with Gasteiger partial charge in [0.05, 0.1) is 16.8 Å². The van der Waals surface area contributed by atoms with Crippen LogP contribution in [0.5, 0.6) is 0 Å². The first-order valence-electron chi connectivity index (χ1n) is 7.35. The number of nitrogens with zero attached hydrogens (tertiary/aromatic N) is 1. The summed E-state index contributed by atoms with van der Waals surface area (Å²) in [5.74, 6) is -1.21. The number of aliphatic hydroxyl groups is 1. The highest BCUT2D eigenvalue weighted by atomic mass is 32.1. The molecule has 0 spiro atoms. The fourth-order valence-electron chi connectivity index (χ4n) is 2.28. The van der Waals surface area contributed by atoms with E-state index in [1.54, 1.807) is 18.3 Å². The Kier molecular flexibility index (Phi) is 4.52. The number of rotatable bonds is 6. The van der Waals surface area contributed by atoms with Crippen LogP contribution in [0.2, 0.25) is 0 Å². The molecule has 0 radical (unpaired) electrons. The van der Waals surface area contributed by atoms with E-state index in [1.807, 2.05) is 5.38 Å². The SMILES string of the molecule is CC(NCc1csc(C2CC2)n1)C(O)c1ccc(F)c(F)c1. The summed E-state index contributed by atoms with van der Waals surface area (Å²) in [7, 11) is 0. The molecular weight excluding hydrogens is 306 g/mol. The number of hydrogen-bond acceptors (Lipinski definition) is 4. The molecule has 1 fully saturated rings. The summed E-state index contributed by atoms with van der Waals surface area (Å²) in [6.45, 7) is 2.35. The second kappa shape index (κ2) is 6.40. The average molecular weight is 324 g/mol. The van der Waals surface area contributed by atoms with E-state index in [2.05, 4.69) is 10.3 Å². The Hall–Kier alpha value is -1.37. The van der Waals surface area contributed by atoms with Gasteiger partial charge in [0.15, 0.2) is 11.6 Å². The second-order valence-electron chi connectivity index (χ2n) is 5.74. The minimum Gasteiger partial charge on any atom is -0.387 e. The van der Waals surface area contributed by atoms with Crippen LogP contribution in [0.25, 0.3) is 0 Å². The third-order valence-corrected chi connectivity index (χ3v) is 4.92. The minimum absolute atomic E-state index is 0.295. The summed E-state index contributed by atoms with van der Waals surface area (Å²) in [5, 5.41) is 16.6. The first kappa shape index (κ1) is 15.5. The standard InChI is InChI=1S/C16H18F2N2OS/c1-9(15(21)11-4-5-13(17)14(18)6-11)19-7-12-8-22-16(20-12)10-2-3-10/h4-6,8-10,15,19,21H,2-3,7H2,1H3. The second-order valence-corrected chi connectivity index (χ2v) is 6.63. The summed E-state index contributed by atoms with van der Waals surface area (Å²) in [5.41, 5.74) is 1.31. The predicted molar refractivity (Wildman–Crippen MR) is 81.7 cm³/mol. The zero-order valence-electron chi connectivity index (χ0n) is 12.2. The lowest BCUT2D eigenvalue weighted by Crippen LogP contribution is -2.31. The normalized spacial score (nSPS) is 17.5. The molecular formula is C16H18F2N2OS. The molecule has 2 N–H and O–H groups in total. The molecule has 118 valence electrons. The van der Waals surface area contributed by atoms with Crippen molar-refractivity contribution in [1.29, 1.82) is 0 Å². The molecule has 6 heteroatoms. The van der Waals surface area contributed by atoms with Gasteiger partial charge in [-0.2, -0.15) is 0 Å². The fourth-order valence-corrected chi connectivity index (χ4v) is 3.27. The predicted octanol–water partition coefficient (Wildman–Crippen LogP) is 3.51. The van der Waals surface area contributed by atoms with Gasteiger partial charge in [0, 0.05) is 23.9 Å². The lowest BCUT2D eigenvalue weighted by Gasteiger charge is -2.20. The van der Waals surface area contributed by atoms with Gasteiger partial charge in [-0.15, -0.1) is 11.3 Å². The lowest BCUT2D eigenvalue weighted by molar-refractivity contribution is 0.134. The van der Waals surface area contributed by atoms with Gasteiger partial charge in [-0.3, -0.25) is 0 Å². The lowest BCUT2D eigenvalue weighted by atomic mass is 10.0. The molecule has 0 amide bonds. The molecule has 0 aliphatic heterocycles. The van der Waals surface area contributed by atoms with Gasteiger partial charge < -0.3 is 10.4 Å². The highest BCUT2D eigenvalue weighted by Crippen LogP contribution is 2.41. The van der Waals surface area contributed by atoms with Crippen molar-refractivity contribution in [3.8, 4) is 0 Å². The summed E-state index contributed by atoms with van der Waals surface area (Å²) in [4.78, 5) is 4.57. The molecule has 22 heavy (non-hydrogen) atoms. The summed E-state index contributed by atoms with van der Waals surface area (Å²) in [6, 6.07) is 3.17. The molecule has 2 atom stereocenters. The third kappa shape index (κ3) is 3.51. The van der Waals surface area contributed by atoms with E-state index in [4.69, 9.17) is 0 Å². The van der Waals surface area contributed by atoms with Crippen LogP contribution in [0, 0.1) is 11.6 Å². The minimum atomic E-state index is -0.947. The van der Waals surface area contributed by atoms with Gasteiger partial charge in [-0.25, -0.2) is 13.8 Å². The van der Waals surface area contributed by atoms with Crippen molar-refractivity contribution in [3.05, 3.63) is 51.5 Å². The van der Waals surface area contributed by atoms with Crippen molar-refractivity contribution in [1.82, 2.24) is 10.3 Å². The molecule has 1 aliphatic carbocycles. The van der Waals surface area contributed by atoms with Gasteiger partial charge in [0.2, 0.25) is 0 Å². The maximum Gasteiger partial charge on any atom is 0.159 e. The number of benzene rings is 1. The zero-order chi connectivity index (χ0) is 15.7. The van der Waals surface area contributed by atoms with Crippen LogP contribution in [0.3, 0.4) is 0 Å². The Morgan fingerprint density at radius 3 is 2.82 bits per heavy atom. The molecule has 1 heterocycles. The van der Waals surface area contributed by atoms with Crippen LogP contribution in [0.4, 0.5) is 8.78 Å². The number of thiazole rings is 1. The maximum atomic E-state index is 13.2. The topological polar surface area (TPSA) is 45.2 Å². The smallest absolute Gasteiger partial charge is 0.159 e. The van der Waals surface area contributed by atoms with Crippen LogP contribution < -0.4 is 5.32 Å². The summed E-state index contributed by atoms with van der Waals surface area (Å²) in [6.07, 6.45) is 1.55. The van der Waals surface area contributed by atoms with Gasteiger partial charge in [-0.1, -0.05) is 6.07 Å². The number of hydrogen-bond donors (Lipinski definition) is 2. The van der Waals surface area contributed by atoms with Crippen LogP contribution in [-0.2, 0) is 6.54 Å². The van der Waals surface area contributed by atoms with E-state index in [0.29, 0.717) is 18.0 Å². The van der Waals surface area contributed by atoms with Crippen molar-refractivity contribution < 1.29 is 13.9 Å². The summed E-state index contributed by atoms with van der Waals surface area (Å²) < 4.78 is 26.1. The first-order chi connectivity index (χ1) is 10.5. The average Bonchev–Trinajstić information content (AvgIpc) is 3.26. The Morgan fingerprint density at radius 1 is 1.36 bits per heavy atom. The largest absolute Gasteiger partial charge is 0.387 e. The zero-order valence-corrected chi connectivity index (χ0v) is 13.0. The van der Waals surface area contributed by atoms with Crippen molar-refractivity contribution in [3.63, 3.8) is 0 Å². The summed E-state index contributed by atoms with van der Waals surface area (Å²) >= 11 is 1.68. The van der Waals surface area contributed by atoms with Crippen molar-refractivity contribution in [2.75, 3.05) is 0 Å². The molecule has 2 aromatic rings. The molecule has 2 unspecified atom stereocenters. The van der Waals surface area contributed by atoms with E-state index < -0.39 is 17.7 Å². The quantitative estimate of drug-likeness (QED) is 0.855. The Morgan fingerprint density at radius 2 is 2.14 bits per heavy atom. The van der Waals surface area contributed by atoms with Crippen molar-refractivity contribution >= 4 is 11.3 Å². The van der Waals surface area contributed by atoms with Crippen molar-refractivity contribution in [2.45, 2.75) is 44.4 Å². The van der Waals surface area contributed by atoms with E-state index in [9.17, 15) is 13.9 Å². The van der Waals surface area contributed by atoms with Crippen LogP contribution in [0.1, 0.15) is 48.1 Å². The Labute approximate surface area is 132 Å². The van der Waals surface area contributed by atoms with Gasteiger partial charge in [0.1, 0.15) is 0 Å². The third-order valence-electron chi connectivity index (χ3n) is 3.86. The number of aromatic nitrogens is 1. The van der Waals surface area contributed by atoms with Crippen LogP contribution in [0.15, 0.2) is 23.6 Å². The molecule has 1 aliphatic rings. The van der Waals surface area contributed by atoms with E-state index in [-0.39, 0.29) is 6.04 Å². The van der Waals surface area contributed by atoms with Gasteiger partial charge >= 0.3 is 0 Å². The molecule has 0 saturated heterocycles. The number of nitrogens with one attached hydrogen (secondary N) is 1. The van der Waals surface area contributed by atoms with Crippen molar-refractivity contribution in [2.24, 2.45) is 0 Å². The monoisotopic (exact) mass is 324 g/mol. The Balaban J connectivity index is 1.57.